The number of amides is 1. The van der Waals surface area contributed by atoms with Crippen LogP contribution in [0.5, 0.6) is 0 Å². The van der Waals surface area contributed by atoms with Crippen LogP contribution in [0.3, 0.4) is 0 Å². The zero-order valence-corrected chi connectivity index (χ0v) is 17.0. The van der Waals surface area contributed by atoms with E-state index in [1.54, 1.807) is 11.0 Å². The van der Waals surface area contributed by atoms with Gasteiger partial charge in [-0.2, -0.15) is 0 Å². The Bertz CT molecular complexity index is 929. The number of ketones is 1. The molecule has 1 saturated heterocycles. The number of para-hydroxylation sites is 1. The molecule has 0 aromatic heterocycles. The summed E-state index contributed by atoms with van der Waals surface area (Å²) in [6, 6.07) is 15.1. The number of hydrogen-bond acceptors (Lipinski definition) is 4. The quantitative estimate of drug-likeness (QED) is 0.780. The van der Waals surface area contributed by atoms with Crippen LogP contribution in [0.4, 0.5) is 11.4 Å². The molecule has 5 nitrogen and oxygen atoms in total. The second-order valence-corrected chi connectivity index (χ2v) is 8.70. The Labute approximate surface area is 171 Å². The van der Waals surface area contributed by atoms with Crippen molar-refractivity contribution in [3.63, 3.8) is 0 Å². The van der Waals surface area contributed by atoms with Crippen molar-refractivity contribution in [1.29, 1.82) is 0 Å². The molecular formula is C24H27NO4. The van der Waals surface area contributed by atoms with Crippen LogP contribution >= 0.6 is 0 Å². The molecule has 2 aromatic carbocycles. The van der Waals surface area contributed by atoms with Gasteiger partial charge in [-0.25, -0.2) is 0 Å². The molecule has 0 atom stereocenters. The summed E-state index contributed by atoms with van der Waals surface area (Å²) >= 11 is 0. The summed E-state index contributed by atoms with van der Waals surface area (Å²) in [7, 11) is 0. The fraction of sp³-hybridized carbons (Fsp3) is 0.417. The van der Waals surface area contributed by atoms with Gasteiger partial charge in [0.05, 0.1) is 11.1 Å². The zero-order chi connectivity index (χ0) is 20.6. The Hall–Kier alpha value is -2.50. The highest BCUT2D eigenvalue weighted by Crippen LogP contribution is 2.46. The molecule has 2 aromatic rings. The number of carbonyl (C=O) groups is 2. The normalized spacial score (nSPS) is 19.8. The van der Waals surface area contributed by atoms with Crippen molar-refractivity contribution < 1.29 is 19.4 Å². The van der Waals surface area contributed by atoms with Crippen molar-refractivity contribution in [3.8, 4) is 0 Å². The van der Waals surface area contributed by atoms with E-state index in [9.17, 15) is 14.7 Å². The fourth-order valence-corrected chi connectivity index (χ4v) is 4.38. The van der Waals surface area contributed by atoms with Crippen LogP contribution < -0.4 is 4.90 Å². The number of rotatable bonds is 5. The summed E-state index contributed by atoms with van der Waals surface area (Å²) in [5.41, 5.74) is 1.99. The molecule has 152 valence electrons. The van der Waals surface area contributed by atoms with Gasteiger partial charge >= 0.3 is 0 Å². The minimum atomic E-state index is -0.713. The van der Waals surface area contributed by atoms with Gasteiger partial charge in [0.1, 0.15) is 0 Å². The molecular weight excluding hydrogens is 366 g/mol. The highest BCUT2D eigenvalue weighted by atomic mass is 16.5. The standard InChI is InChI=1S/C24H27NO4/c1-23(2)19-14-17(21(27)15-24(16-26)10-12-29-13-11-24)8-9-20(19)25(22(23)28)18-6-4-3-5-7-18/h3-9,14,26H,10-13,15-16H2,1-2H3. The average Bonchev–Trinajstić information content (AvgIpc) is 2.94. The zero-order valence-electron chi connectivity index (χ0n) is 17.0. The van der Waals surface area contributed by atoms with Gasteiger partial charge in [0.25, 0.3) is 0 Å². The molecule has 4 rings (SSSR count). The number of nitrogens with zero attached hydrogens (tertiary/aromatic N) is 1. The molecule has 0 unspecified atom stereocenters. The lowest BCUT2D eigenvalue weighted by Gasteiger charge is -2.35. The Kier molecular flexibility index (Phi) is 5.05. The molecule has 0 radical (unpaired) electrons. The van der Waals surface area contributed by atoms with Gasteiger partial charge in [-0.1, -0.05) is 18.2 Å². The van der Waals surface area contributed by atoms with Gasteiger partial charge in [-0.05, 0) is 62.6 Å². The third kappa shape index (κ3) is 3.38. The maximum Gasteiger partial charge on any atom is 0.241 e. The lowest BCUT2D eigenvalue weighted by molar-refractivity contribution is -0.121. The number of benzene rings is 2. The Morgan fingerprint density at radius 2 is 1.79 bits per heavy atom. The van der Waals surface area contributed by atoms with Gasteiger partial charge in [0.15, 0.2) is 5.78 Å². The van der Waals surface area contributed by atoms with Crippen molar-refractivity contribution in [1.82, 2.24) is 0 Å². The van der Waals surface area contributed by atoms with Crippen LogP contribution in [0.2, 0.25) is 0 Å². The Balaban J connectivity index is 1.67. The summed E-state index contributed by atoms with van der Waals surface area (Å²) in [5, 5.41) is 9.91. The van der Waals surface area contributed by atoms with Gasteiger partial charge in [-0.3, -0.25) is 14.5 Å². The molecule has 0 saturated carbocycles. The Morgan fingerprint density at radius 3 is 2.45 bits per heavy atom. The van der Waals surface area contributed by atoms with Crippen molar-refractivity contribution in [2.75, 3.05) is 24.7 Å². The minimum absolute atomic E-state index is 0.000410. The number of anilines is 2. The fourth-order valence-electron chi connectivity index (χ4n) is 4.38. The van der Waals surface area contributed by atoms with E-state index < -0.39 is 10.8 Å². The van der Waals surface area contributed by atoms with E-state index in [1.807, 2.05) is 56.3 Å². The predicted octanol–water partition coefficient (Wildman–Crippen LogP) is 4.00. The molecule has 5 heteroatoms. The lowest BCUT2D eigenvalue weighted by Crippen LogP contribution is -2.35. The number of Topliss-reactive ketones (excluding diaryl/α,β-unsaturated/α-hetero) is 1. The number of aliphatic hydroxyl groups is 1. The van der Waals surface area contributed by atoms with Gasteiger partial charge in [0.2, 0.25) is 5.91 Å². The highest BCUT2D eigenvalue weighted by molar-refractivity contribution is 6.13. The topological polar surface area (TPSA) is 66.8 Å². The molecule has 0 spiro atoms. The number of hydrogen-bond donors (Lipinski definition) is 1. The third-order valence-electron chi connectivity index (χ3n) is 6.41. The SMILES string of the molecule is CC1(C)C(=O)N(c2ccccc2)c2ccc(C(=O)CC3(CO)CCOCC3)cc21. The van der Waals surface area contributed by atoms with E-state index in [2.05, 4.69) is 0 Å². The van der Waals surface area contributed by atoms with Gasteiger partial charge in [0, 0.05) is 42.9 Å². The highest BCUT2D eigenvalue weighted by Gasteiger charge is 2.45. The summed E-state index contributed by atoms with van der Waals surface area (Å²) < 4.78 is 5.40. The maximum atomic E-state index is 13.2. The lowest BCUT2D eigenvalue weighted by atomic mass is 9.75. The largest absolute Gasteiger partial charge is 0.396 e. The summed E-state index contributed by atoms with van der Waals surface area (Å²) in [6.45, 7) is 4.94. The predicted molar refractivity (Wildman–Crippen MR) is 112 cm³/mol. The number of aliphatic hydroxyl groups excluding tert-OH is 1. The van der Waals surface area contributed by atoms with Crippen LogP contribution in [0.25, 0.3) is 0 Å². The molecule has 2 aliphatic rings. The number of carbonyl (C=O) groups excluding carboxylic acids is 2. The molecule has 2 heterocycles. The van der Waals surface area contributed by atoms with E-state index >= 15 is 0 Å². The van der Waals surface area contributed by atoms with Crippen molar-refractivity contribution in [2.45, 2.75) is 38.5 Å². The molecule has 1 amide bonds. The molecule has 1 N–H and O–H groups in total. The number of fused-ring (bicyclic) bond motifs is 1. The maximum absolute atomic E-state index is 13.2. The van der Waals surface area contributed by atoms with Crippen molar-refractivity contribution in [2.24, 2.45) is 5.41 Å². The van der Waals surface area contributed by atoms with E-state index in [4.69, 9.17) is 4.74 Å². The van der Waals surface area contributed by atoms with E-state index in [-0.39, 0.29) is 18.3 Å². The second kappa shape index (κ2) is 7.39. The van der Waals surface area contributed by atoms with Gasteiger partial charge < -0.3 is 9.84 Å². The van der Waals surface area contributed by atoms with Crippen LogP contribution in [-0.2, 0) is 14.9 Å². The molecule has 29 heavy (non-hydrogen) atoms. The summed E-state index contributed by atoms with van der Waals surface area (Å²) in [5.74, 6) is 0.00437. The van der Waals surface area contributed by atoms with Crippen LogP contribution in [0.1, 0.15) is 49.0 Å². The average molecular weight is 393 g/mol. The summed E-state index contributed by atoms with van der Waals surface area (Å²) in [4.78, 5) is 28.0. The van der Waals surface area contributed by atoms with Crippen LogP contribution in [0.15, 0.2) is 48.5 Å². The number of ether oxygens (including phenoxy) is 1. The first-order valence-corrected chi connectivity index (χ1v) is 10.1. The van der Waals surface area contributed by atoms with Crippen molar-refractivity contribution >= 4 is 23.1 Å². The molecule has 0 aliphatic carbocycles. The van der Waals surface area contributed by atoms with E-state index in [0.717, 1.165) is 16.9 Å². The van der Waals surface area contributed by atoms with E-state index in [1.165, 1.54) is 0 Å². The van der Waals surface area contributed by atoms with Crippen LogP contribution in [0, 0.1) is 5.41 Å². The smallest absolute Gasteiger partial charge is 0.241 e. The molecule has 0 bridgehead atoms. The van der Waals surface area contributed by atoms with Crippen molar-refractivity contribution in [3.05, 3.63) is 59.7 Å². The second-order valence-electron chi connectivity index (χ2n) is 8.70. The third-order valence-corrected chi connectivity index (χ3v) is 6.41. The van der Waals surface area contributed by atoms with Gasteiger partial charge in [-0.15, -0.1) is 0 Å². The minimum Gasteiger partial charge on any atom is -0.396 e. The molecule has 1 fully saturated rings. The Morgan fingerprint density at radius 1 is 1.10 bits per heavy atom. The van der Waals surface area contributed by atoms with Crippen LogP contribution in [-0.4, -0.2) is 36.6 Å². The summed E-state index contributed by atoms with van der Waals surface area (Å²) in [6.07, 6.45) is 1.67. The van der Waals surface area contributed by atoms with E-state index in [0.29, 0.717) is 38.0 Å². The first kappa shape index (κ1) is 19.8. The monoisotopic (exact) mass is 393 g/mol. The first-order chi connectivity index (χ1) is 13.9. The molecule has 2 aliphatic heterocycles. The first-order valence-electron chi connectivity index (χ1n) is 10.1.